The molecule has 1 aromatic heterocycles. The molecule has 1 atom stereocenters. The van der Waals surface area contributed by atoms with E-state index >= 15 is 0 Å². The molecule has 172 valence electrons. The number of carbonyl (C=O) groups is 2. The quantitative estimate of drug-likeness (QED) is 0.346. The van der Waals surface area contributed by atoms with Gasteiger partial charge in [-0.3, -0.25) is 14.9 Å². The molecule has 6 nitrogen and oxygen atoms in total. The van der Waals surface area contributed by atoms with Crippen molar-refractivity contribution in [1.82, 2.24) is 15.5 Å². The van der Waals surface area contributed by atoms with Gasteiger partial charge in [0.2, 0.25) is 11.0 Å². The van der Waals surface area contributed by atoms with Gasteiger partial charge in [-0.05, 0) is 41.8 Å². The fourth-order valence-corrected chi connectivity index (χ4v) is 4.25. The number of amides is 2. The molecule has 3 aromatic carbocycles. The smallest absolute Gasteiger partial charge is 0.251 e. The van der Waals surface area contributed by atoms with Crippen LogP contribution >= 0.6 is 22.9 Å². The van der Waals surface area contributed by atoms with Gasteiger partial charge in [-0.2, -0.15) is 0 Å². The Labute approximate surface area is 207 Å². The predicted octanol–water partition coefficient (Wildman–Crippen LogP) is 5.40. The topological polar surface area (TPSA) is 84.0 Å². The van der Waals surface area contributed by atoms with Crippen LogP contribution in [0.3, 0.4) is 0 Å². The van der Waals surface area contributed by atoms with Gasteiger partial charge in [0.1, 0.15) is 11.0 Å². The molecule has 0 saturated carbocycles. The van der Waals surface area contributed by atoms with E-state index in [0.29, 0.717) is 27.1 Å². The van der Waals surface area contributed by atoms with Crippen LogP contribution < -0.4 is 10.6 Å². The zero-order valence-electron chi connectivity index (χ0n) is 18.5. The lowest BCUT2D eigenvalue weighted by Gasteiger charge is -2.18. The average molecular weight is 491 g/mol. The Bertz CT molecular complexity index is 1260. The SMILES string of the molecule is CCc1ccc(C(=O)N[C@H](Cc2ccccc2)C(=O)Nc2nnc(-c3ccc(Cl)cc3)s2)cc1. The number of nitrogens with one attached hydrogen (secondary N) is 2. The summed E-state index contributed by atoms with van der Waals surface area (Å²) < 4.78 is 0. The number of anilines is 1. The lowest BCUT2D eigenvalue weighted by Crippen LogP contribution is -2.45. The standard InChI is InChI=1S/C26H23ClN4O2S/c1-2-17-8-10-19(11-9-17)23(32)28-22(16-18-6-4-3-5-7-18)24(33)29-26-31-30-25(34-26)20-12-14-21(27)15-13-20/h3-15,22H,2,16H2,1H3,(H,28,32)(H,29,31,33)/t22-/m1/s1. The maximum atomic E-state index is 13.2. The molecule has 1 heterocycles. The largest absolute Gasteiger partial charge is 0.340 e. The molecule has 4 aromatic rings. The second-order valence-electron chi connectivity index (χ2n) is 7.67. The van der Waals surface area contributed by atoms with Crippen LogP contribution in [-0.2, 0) is 17.6 Å². The number of halogens is 1. The summed E-state index contributed by atoms with van der Waals surface area (Å²) in [7, 11) is 0. The summed E-state index contributed by atoms with van der Waals surface area (Å²) in [5.41, 5.74) is 3.43. The van der Waals surface area contributed by atoms with E-state index < -0.39 is 6.04 Å². The number of aromatic nitrogens is 2. The lowest BCUT2D eigenvalue weighted by atomic mass is 10.0. The first kappa shape index (κ1) is 23.6. The summed E-state index contributed by atoms with van der Waals surface area (Å²) in [5.74, 6) is -0.668. The number of nitrogens with zero attached hydrogens (tertiary/aromatic N) is 2. The first-order valence-corrected chi connectivity index (χ1v) is 12.1. The first-order chi connectivity index (χ1) is 16.5. The van der Waals surface area contributed by atoms with Gasteiger partial charge in [-0.25, -0.2) is 0 Å². The lowest BCUT2D eigenvalue weighted by molar-refractivity contribution is -0.118. The highest BCUT2D eigenvalue weighted by atomic mass is 35.5. The van der Waals surface area contributed by atoms with Crippen LogP contribution in [0.5, 0.6) is 0 Å². The van der Waals surface area contributed by atoms with Crippen LogP contribution in [0.2, 0.25) is 5.02 Å². The minimum atomic E-state index is -0.788. The summed E-state index contributed by atoms with van der Waals surface area (Å²) in [6.45, 7) is 2.06. The number of benzene rings is 3. The maximum absolute atomic E-state index is 13.2. The van der Waals surface area contributed by atoms with E-state index in [2.05, 4.69) is 27.8 Å². The third kappa shape index (κ3) is 6.07. The molecule has 0 unspecified atom stereocenters. The molecule has 8 heteroatoms. The fourth-order valence-electron chi connectivity index (χ4n) is 3.37. The monoisotopic (exact) mass is 490 g/mol. The summed E-state index contributed by atoms with van der Waals surface area (Å²) in [5, 5.41) is 15.6. The molecule has 34 heavy (non-hydrogen) atoms. The molecular formula is C26H23ClN4O2S. The van der Waals surface area contributed by atoms with Crippen molar-refractivity contribution >= 4 is 39.9 Å². The van der Waals surface area contributed by atoms with Gasteiger partial charge < -0.3 is 5.32 Å². The van der Waals surface area contributed by atoms with Crippen molar-refractivity contribution in [2.24, 2.45) is 0 Å². The third-order valence-electron chi connectivity index (χ3n) is 5.28. The van der Waals surface area contributed by atoms with Crippen molar-refractivity contribution in [3.8, 4) is 10.6 Å². The van der Waals surface area contributed by atoms with Crippen molar-refractivity contribution in [3.63, 3.8) is 0 Å². The third-order valence-corrected chi connectivity index (χ3v) is 6.41. The Morgan fingerprint density at radius 2 is 1.62 bits per heavy atom. The van der Waals surface area contributed by atoms with Gasteiger partial charge in [-0.1, -0.05) is 84.5 Å². The van der Waals surface area contributed by atoms with E-state index in [0.717, 1.165) is 23.1 Å². The molecule has 0 aliphatic rings. The average Bonchev–Trinajstić information content (AvgIpc) is 3.33. The molecule has 0 aliphatic heterocycles. The van der Waals surface area contributed by atoms with Crippen LogP contribution in [0.1, 0.15) is 28.4 Å². The van der Waals surface area contributed by atoms with Gasteiger partial charge >= 0.3 is 0 Å². The number of hydrogen-bond acceptors (Lipinski definition) is 5. The normalized spacial score (nSPS) is 11.6. The van der Waals surface area contributed by atoms with Gasteiger partial charge in [0.15, 0.2) is 0 Å². The van der Waals surface area contributed by atoms with Crippen molar-refractivity contribution in [3.05, 3.63) is 101 Å². The van der Waals surface area contributed by atoms with Gasteiger partial charge in [-0.15, -0.1) is 10.2 Å². The van der Waals surface area contributed by atoms with Gasteiger partial charge in [0.05, 0.1) is 0 Å². The molecule has 2 amide bonds. The second kappa shape index (κ2) is 11.0. The van der Waals surface area contributed by atoms with E-state index in [4.69, 9.17) is 11.6 Å². The Morgan fingerprint density at radius 3 is 2.29 bits per heavy atom. The van der Waals surface area contributed by atoms with Crippen molar-refractivity contribution < 1.29 is 9.59 Å². The summed E-state index contributed by atoms with van der Waals surface area (Å²) >= 11 is 7.20. The maximum Gasteiger partial charge on any atom is 0.251 e. The molecule has 0 radical (unpaired) electrons. The molecule has 0 bridgehead atoms. The Balaban J connectivity index is 1.50. The minimum Gasteiger partial charge on any atom is -0.340 e. The van der Waals surface area contributed by atoms with E-state index in [-0.39, 0.29) is 11.8 Å². The highest BCUT2D eigenvalue weighted by molar-refractivity contribution is 7.18. The Kier molecular flexibility index (Phi) is 7.67. The highest BCUT2D eigenvalue weighted by Crippen LogP contribution is 2.27. The Morgan fingerprint density at radius 1 is 0.912 bits per heavy atom. The van der Waals surface area contributed by atoms with Gasteiger partial charge in [0, 0.05) is 22.6 Å². The summed E-state index contributed by atoms with van der Waals surface area (Å²) in [4.78, 5) is 26.1. The molecule has 2 N–H and O–H groups in total. The van der Waals surface area contributed by atoms with E-state index in [1.807, 2.05) is 54.6 Å². The van der Waals surface area contributed by atoms with E-state index in [1.54, 1.807) is 24.3 Å². The minimum absolute atomic E-state index is 0.308. The fraction of sp³-hybridized carbons (Fsp3) is 0.154. The zero-order chi connectivity index (χ0) is 23.9. The molecule has 4 rings (SSSR count). The van der Waals surface area contributed by atoms with Crippen molar-refractivity contribution in [2.45, 2.75) is 25.8 Å². The van der Waals surface area contributed by atoms with Crippen LogP contribution in [0.25, 0.3) is 10.6 Å². The molecule has 0 saturated heterocycles. The first-order valence-electron chi connectivity index (χ1n) is 10.9. The predicted molar refractivity (Wildman–Crippen MR) is 136 cm³/mol. The van der Waals surface area contributed by atoms with E-state index in [9.17, 15) is 9.59 Å². The van der Waals surface area contributed by atoms with E-state index in [1.165, 1.54) is 11.3 Å². The number of aryl methyl sites for hydroxylation is 1. The van der Waals surface area contributed by atoms with Crippen LogP contribution in [0.4, 0.5) is 5.13 Å². The highest BCUT2D eigenvalue weighted by Gasteiger charge is 2.23. The zero-order valence-corrected chi connectivity index (χ0v) is 20.1. The number of rotatable bonds is 8. The Hall–Kier alpha value is -3.55. The van der Waals surface area contributed by atoms with Crippen LogP contribution in [0, 0.1) is 0 Å². The number of carbonyl (C=O) groups excluding carboxylic acids is 2. The summed E-state index contributed by atoms with van der Waals surface area (Å²) in [6.07, 6.45) is 1.23. The summed E-state index contributed by atoms with van der Waals surface area (Å²) in [6, 6.07) is 23.4. The second-order valence-corrected chi connectivity index (χ2v) is 9.09. The van der Waals surface area contributed by atoms with Crippen molar-refractivity contribution in [2.75, 3.05) is 5.32 Å². The molecule has 0 aliphatic carbocycles. The van der Waals surface area contributed by atoms with Crippen molar-refractivity contribution in [1.29, 1.82) is 0 Å². The van der Waals surface area contributed by atoms with Gasteiger partial charge in [0.25, 0.3) is 5.91 Å². The van der Waals surface area contributed by atoms with Crippen LogP contribution in [-0.4, -0.2) is 28.1 Å². The molecule has 0 fully saturated rings. The molecular weight excluding hydrogens is 468 g/mol. The number of hydrogen-bond donors (Lipinski definition) is 2. The molecule has 0 spiro atoms. The van der Waals surface area contributed by atoms with Crippen LogP contribution in [0.15, 0.2) is 78.9 Å².